The van der Waals surface area contributed by atoms with Crippen molar-refractivity contribution < 1.29 is 13.9 Å². The first-order chi connectivity index (χ1) is 12.5. The van der Waals surface area contributed by atoms with Crippen molar-refractivity contribution in [3.05, 3.63) is 24.3 Å². The zero-order valence-corrected chi connectivity index (χ0v) is 14.6. The zero-order valence-electron chi connectivity index (χ0n) is 14.6. The fourth-order valence-corrected chi connectivity index (χ4v) is 4.07. The van der Waals surface area contributed by atoms with Gasteiger partial charge in [0.1, 0.15) is 23.1 Å². The molecule has 3 aromatic rings. The Bertz CT molecular complexity index is 896. The summed E-state index contributed by atoms with van der Waals surface area (Å²) >= 11 is 0. The van der Waals surface area contributed by atoms with Gasteiger partial charge in [0, 0.05) is 23.7 Å². The fraction of sp³-hybridized carbons (Fsp3) is 0.556. The van der Waals surface area contributed by atoms with Gasteiger partial charge in [-0.15, -0.1) is 0 Å². The van der Waals surface area contributed by atoms with Crippen molar-refractivity contribution in [1.82, 2.24) is 24.8 Å². The Morgan fingerprint density at radius 2 is 2.12 bits per heavy atom. The predicted molar refractivity (Wildman–Crippen MR) is 95.3 cm³/mol. The van der Waals surface area contributed by atoms with E-state index < -0.39 is 12.5 Å². The molecule has 0 radical (unpaired) electrons. The van der Waals surface area contributed by atoms with E-state index in [1.54, 1.807) is 13.1 Å². The third-order valence-electron chi connectivity index (χ3n) is 5.26. The van der Waals surface area contributed by atoms with E-state index in [9.17, 15) is 13.9 Å². The number of hydrogen-bond donors (Lipinski definition) is 3. The molecule has 1 aliphatic carbocycles. The lowest BCUT2D eigenvalue weighted by atomic mass is 9.90. The molecule has 1 atom stereocenters. The topological polar surface area (TPSA) is 78.8 Å². The molecule has 0 bridgehead atoms. The maximum atomic E-state index is 12.4. The Balaban J connectivity index is 1.67. The smallest absolute Gasteiger partial charge is 0.250 e. The third-order valence-corrected chi connectivity index (χ3v) is 5.26. The average molecular weight is 363 g/mol. The van der Waals surface area contributed by atoms with Crippen molar-refractivity contribution >= 4 is 22.1 Å². The van der Waals surface area contributed by atoms with Gasteiger partial charge in [-0.05, 0) is 38.7 Å². The van der Waals surface area contributed by atoms with Crippen molar-refractivity contribution in [1.29, 1.82) is 0 Å². The molecule has 1 fully saturated rings. The van der Waals surface area contributed by atoms with Gasteiger partial charge in [0.25, 0.3) is 6.43 Å². The maximum Gasteiger partial charge on any atom is 0.250 e. The molecule has 1 aliphatic rings. The highest BCUT2D eigenvalue weighted by Gasteiger charge is 2.28. The summed E-state index contributed by atoms with van der Waals surface area (Å²) in [6, 6.07) is 2.29. The first-order valence-electron chi connectivity index (χ1n) is 9.08. The van der Waals surface area contributed by atoms with Gasteiger partial charge < -0.3 is 20.0 Å². The molecule has 8 heteroatoms. The van der Waals surface area contributed by atoms with E-state index in [-0.39, 0.29) is 18.6 Å². The quantitative estimate of drug-likeness (QED) is 0.650. The molecular formula is C18H23F2N5O. The number of halogens is 2. The van der Waals surface area contributed by atoms with E-state index in [1.807, 2.05) is 12.3 Å². The van der Waals surface area contributed by atoms with Crippen molar-refractivity contribution in [3.8, 4) is 0 Å². The monoisotopic (exact) mass is 363 g/mol. The summed E-state index contributed by atoms with van der Waals surface area (Å²) < 4.78 is 27.0. The van der Waals surface area contributed by atoms with Crippen LogP contribution < -0.4 is 5.32 Å². The maximum absolute atomic E-state index is 12.4. The van der Waals surface area contributed by atoms with Crippen LogP contribution in [0.1, 0.15) is 50.6 Å². The molecule has 0 unspecified atom stereocenters. The summed E-state index contributed by atoms with van der Waals surface area (Å²) in [7, 11) is 0. The number of aliphatic hydroxyl groups excluding tert-OH is 1. The summed E-state index contributed by atoms with van der Waals surface area (Å²) in [5.41, 5.74) is 2.55. The molecule has 26 heavy (non-hydrogen) atoms. The molecule has 3 N–H and O–H groups in total. The second-order valence-electron chi connectivity index (χ2n) is 7.05. The normalized spacial score (nSPS) is 22.5. The number of aliphatic hydroxyl groups is 1. The minimum Gasteiger partial charge on any atom is -0.385 e. The Kier molecular flexibility index (Phi) is 4.62. The van der Waals surface area contributed by atoms with E-state index >= 15 is 0 Å². The summed E-state index contributed by atoms with van der Waals surface area (Å²) in [4.78, 5) is 12.1. The van der Waals surface area contributed by atoms with Crippen LogP contribution in [0.15, 0.2) is 18.5 Å². The second kappa shape index (κ2) is 6.92. The van der Waals surface area contributed by atoms with Crippen molar-refractivity contribution in [3.63, 3.8) is 0 Å². The van der Waals surface area contributed by atoms with Crippen molar-refractivity contribution in [2.24, 2.45) is 0 Å². The number of imidazole rings is 1. The lowest BCUT2D eigenvalue weighted by Gasteiger charge is -2.31. The predicted octanol–water partition coefficient (Wildman–Crippen LogP) is 3.30. The molecule has 1 saturated carbocycles. The second-order valence-corrected chi connectivity index (χ2v) is 7.05. The lowest BCUT2D eigenvalue weighted by molar-refractivity contribution is 0.134. The number of rotatable bonds is 5. The number of nitrogens with one attached hydrogen (secondary N) is 2. The van der Waals surface area contributed by atoms with Gasteiger partial charge in [0.2, 0.25) is 0 Å². The standard InChI is InChI=1S/C18H23F2N5O/c1-10(26)18-24-14-8-23-17-13(6-7-21-17)16(14)25(18)12-4-2-11(3-5-12)22-9-15(19)20/h6-8,10-12,15,22,26H,2-5,9H2,1H3,(H,21,23)/t10-,11?,12?/m1/s1. The van der Waals surface area contributed by atoms with Crippen LogP contribution in [0.3, 0.4) is 0 Å². The van der Waals surface area contributed by atoms with Crippen LogP contribution >= 0.6 is 0 Å². The number of alkyl halides is 2. The number of aromatic amines is 1. The summed E-state index contributed by atoms with van der Waals surface area (Å²) in [6.07, 6.45) is 3.96. The molecule has 140 valence electrons. The van der Waals surface area contributed by atoms with Crippen LogP contribution in [-0.2, 0) is 0 Å². The van der Waals surface area contributed by atoms with E-state index in [4.69, 9.17) is 0 Å². The highest BCUT2D eigenvalue weighted by molar-refractivity contribution is 6.01. The van der Waals surface area contributed by atoms with Crippen molar-refractivity contribution in [2.45, 2.75) is 57.2 Å². The summed E-state index contributed by atoms with van der Waals surface area (Å²) in [6.45, 7) is 1.47. The van der Waals surface area contributed by atoms with Crippen LogP contribution in [0.2, 0.25) is 0 Å². The van der Waals surface area contributed by atoms with E-state index in [0.717, 1.165) is 47.8 Å². The van der Waals surface area contributed by atoms with E-state index in [1.165, 1.54) is 0 Å². The summed E-state index contributed by atoms with van der Waals surface area (Å²) in [5, 5.41) is 14.2. The van der Waals surface area contributed by atoms with Gasteiger partial charge in [-0.25, -0.2) is 18.7 Å². The fourth-order valence-electron chi connectivity index (χ4n) is 4.07. The van der Waals surface area contributed by atoms with Gasteiger partial charge in [-0.2, -0.15) is 0 Å². The Labute approximate surface area is 149 Å². The Morgan fingerprint density at radius 3 is 2.81 bits per heavy atom. The average Bonchev–Trinajstić information content (AvgIpc) is 3.24. The van der Waals surface area contributed by atoms with Crippen LogP contribution in [0, 0.1) is 0 Å². The molecule has 6 nitrogen and oxygen atoms in total. The molecular weight excluding hydrogens is 340 g/mol. The van der Waals surface area contributed by atoms with Gasteiger partial charge in [-0.1, -0.05) is 0 Å². The highest BCUT2D eigenvalue weighted by atomic mass is 19.3. The van der Waals surface area contributed by atoms with Gasteiger partial charge in [-0.3, -0.25) is 0 Å². The molecule has 4 rings (SSSR count). The Morgan fingerprint density at radius 1 is 1.35 bits per heavy atom. The van der Waals surface area contributed by atoms with Crippen molar-refractivity contribution in [2.75, 3.05) is 6.54 Å². The molecule has 0 aromatic carbocycles. The number of pyridine rings is 1. The van der Waals surface area contributed by atoms with E-state index in [0.29, 0.717) is 5.82 Å². The number of fused-ring (bicyclic) bond motifs is 3. The summed E-state index contributed by atoms with van der Waals surface area (Å²) in [5.74, 6) is 0.638. The number of nitrogens with zero attached hydrogens (tertiary/aromatic N) is 3. The first kappa shape index (κ1) is 17.4. The number of aromatic nitrogens is 4. The number of H-pyrrole nitrogens is 1. The van der Waals surface area contributed by atoms with Crippen LogP contribution in [0.4, 0.5) is 8.78 Å². The van der Waals surface area contributed by atoms with Crippen LogP contribution in [0.5, 0.6) is 0 Å². The lowest BCUT2D eigenvalue weighted by Crippen LogP contribution is -2.36. The molecule has 3 heterocycles. The molecule has 0 amide bonds. The van der Waals surface area contributed by atoms with Gasteiger partial charge in [0.15, 0.2) is 0 Å². The Hall–Kier alpha value is -2.06. The SMILES string of the molecule is C[C@@H](O)c1nc2cnc3[nH]ccc3c2n1C1CCC(NCC(F)F)CC1. The van der Waals surface area contributed by atoms with Gasteiger partial charge in [0.05, 0.1) is 18.3 Å². The minimum absolute atomic E-state index is 0.124. The largest absolute Gasteiger partial charge is 0.385 e. The molecule has 0 aliphatic heterocycles. The van der Waals surface area contributed by atoms with Crippen LogP contribution in [0.25, 0.3) is 22.1 Å². The molecule has 0 saturated heterocycles. The molecule has 0 spiro atoms. The molecule has 3 aromatic heterocycles. The first-order valence-corrected chi connectivity index (χ1v) is 9.08. The van der Waals surface area contributed by atoms with Gasteiger partial charge >= 0.3 is 0 Å². The third kappa shape index (κ3) is 3.07. The zero-order chi connectivity index (χ0) is 18.3. The highest BCUT2D eigenvalue weighted by Crippen LogP contribution is 2.36. The van der Waals surface area contributed by atoms with Crippen LogP contribution in [-0.4, -0.2) is 43.6 Å². The number of hydrogen-bond acceptors (Lipinski definition) is 4. The minimum atomic E-state index is -2.32. The van der Waals surface area contributed by atoms with E-state index in [2.05, 4.69) is 24.8 Å².